The second kappa shape index (κ2) is 6.43. The Morgan fingerprint density at radius 3 is 2.60 bits per heavy atom. The molecule has 3 rings (SSSR count). The van der Waals surface area contributed by atoms with Crippen molar-refractivity contribution in [2.45, 2.75) is 38.5 Å². The molecule has 0 aromatic heterocycles. The highest BCUT2D eigenvalue weighted by Crippen LogP contribution is 2.35. The summed E-state index contributed by atoms with van der Waals surface area (Å²) in [4.78, 5) is 12.5. The molecule has 2 aromatic rings. The predicted octanol–water partition coefficient (Wildman–Crippen LogP) is 4.23. The summed E-state index contributed by atoms with van der Waals surface area (Å²) in [5.41, 5.74) is 2.37. The van der Waals surface area contributed by atoms with Gasteiger partial charge in [0.05, 0.1) is 11.6 Å². The molecule has 2 aromatic carbocycles. The molecule has 2 N–H and O–H groups in total. The number of aryl methyl sites for hydroxylation is 1. The van der Waals surface area contributed by atoms with Crippen LogP contribution in [0.25, 0.3) is 0 Å². The minimum absolute atomic E-state index is 0.0649. The van der Waals surface area contributed by atoms with Crippen LogP contribution in [0.15, 0.2) is 42.5 Å². The zero-order chi connectivity index (χ0) is 18.2. The van der Waals surface area contributed by atoms with Gasteiger partial charge in [0.1, 0.15) is 6.04 Å². The maximum absolute atomic E-state index is 13.1. The molecular weight excluding hydrogens is 329 g/mol. The van der Waals surface area contributed by atoms with E-state index < -0.39 is 23.8 Å². The monoisotopic (exact) mass is 348 g/mol. The van der Waals surface area contributed by atoms with E-state index in [0.717, 1.165) is 22.9 Å². The molecule has 0 bridgehead atoms. The van der Waals surface area contributed by atoms with Gasteiger partial charge in [-0.25, -0.2) is 0 Å². The van der Waals surface area contributed by atoms with Crippen molar-refractivity contribution in [1.82, 2.24) is 5.32 Å². The van der Waals surface area contributed by atoms with E-state index in [1.807, 2.05) is 25.1 Å². The lowest BCUT2D eigenvalue weighted by Gasteiger charge is -2.21. The first kappa shape index (κ1) is 17.3. The normalized spacial score (nSPS) is 17.6. The van der Waals surface area contributed by atoms with Crippen LogP contribution < -0.4 is 10.6 Å². The fraction of sp³-hybridized carbons (Fsp3) is 0.316. The van der Waals surface area contributed by atoms with Gasteiger partial charge in [-0.3, -0.25) is 4.79 Å². The number of hydrogen-bond donors (Lipinski definition) is 2. The van der Waals surface area contributed by atoms with Gasteiger partial charge in [0.2, 0.25) is 5.91 Å². The first-order valence-electron chi connectivity index (χ1n) is 8.09. The van der Waals surface area contributed by atoms with E-state index in [0.29, 0.717) is 6.42 Å². The lowest BCUT2D eigenvalue weighted by molar-refractivity contribution is -0.138. The molecule has 2 atom stereocenters. The van der Waals surface area contributed by atoms with Crippen LogP contribution >= 0.6 is 0 Å². The number of amides is 1. The van der Waals surface area contributed by atoms with Crippen LogP contribution in [0, 0.1) is 6.92 Å². The van der Waals surface area contributed by atoms with Crippen molar-refractivity contribution in [3.63, 3.8) is 0 Å². The third-order valence-electron chi connectivity index (χ3n) is 4.51. The zero-order valence-corrected chi connectivity index (χ0v) is 13.9. The average molecular weight is 348 g/mol. The lowest BCUT2D eigenvalue weighted by Crippen LogP contribution is -2.40. The van der Waals surface area contributed by atoms with Crippen LogP contribution in [0.3, 0.4) is 0 Å². The molecule has 1 aliphatic rings. The summed E-state index contributed by atoms with van der Waals surface area (Å²) in [6.07, 6.45) is -3.93. The molecule has 1 heterocycles. The molecule has 1 amide bonds. The van der Waals surface area contributed by atoms with Crippen LogP contribution in [-0.4, -0.2) is 11.9 Å². The summed E-state index contributed by atoms with van der Waals surface area (Å²) >= 11 is 0. The van der Waals surface area contributed by atoms with Crippen molar-refractivity contribution in [3.8, 4) is 0 Å². The smallest absolute Gasteiger partial charge is 0.373 e. The van der Waals surface area contributed by atoms with E-state index in [9.17, 15) is 18.0 Å². The van der Waals surface area contributed by atoms with Gasteiger partial charge >= 0.3 is 6.18 Å². The van der Waals surface area contributed by atoms with Gasteiger partial charge in [0, 0.05) is 12.1 Å². The van der Waals surface area contributed by atoms with Crippen LogP contribution in [0.5, 0.6) is 0 Å². The highest BCUT2D eigenvalue weighted by molar-refractivity contribution is 5.88. The standard InChI is InChI=1S/C19H19F3N2O/c1-11-6-5-7-13-10-16(24-17(11)13)18(25)23-12(2)14-8-3-4-9-15(14)19(20,21)22/h3-9,12,16,24H,10H2,1-2H3,(H,23,25). The SMILES string of the molecule is Cc1cccc2c1NC(C(=O)NC(C)c1ccccc1C(F)(F)F)C2. The third kappa shape index (κ3) is 3.48. The molecule has 0 radical (unpaired) electrons. The maximum Gasteiger partial charge on any atom is 0.416 e. The van der Waals surface area contributed by atoms with Crippen molar-refractivity contribution in [2.24, 2.45) is 0 Å². The summed E-state index contributed by atoms with van der Waals surface area (Å²) in [6, 6.07) is 9.93. The molecule has 0 aliphatic carbocycles. The van der Waals surface area contributed by atoms with E-state index in [1.165, 1.54) is 12.1 Å². The van der Waals surface area contributed by atoms with Crippen LogP contribution in [0.2, 0.25) is 0 Å². The Morgan fingerprint density at radius 1 is 1.20 bits per heavy atom. The first-order valence-corrected chi connectivity index (χ1v) is 8.09. The molecule has 3 nitrogen and oxygen atoms in total. The third-order valence-corrected chi connectivity index (χ3v) is 4.51. The molecule has 0 saturated carbocycles. The number of anilines is 1. The number of hydrogen-bond acceptors (Lipinski definition) is 2. The Labute approximate surface area is 144 Å². The fourth-order valence-electron chi connectivity index (χ4n) is 3.23. The summed E-state index contributed by atoms with van der Waals surface area (Å²) in [7, 11) is 0. The minimum Gasteiger partial charge on any atom is -0.373 e. The summed E-state index contributed by atoms with van der Waals surface area (Å²) in [6.45, 7) is 3.52. The highest BCUT2D eigenvalue weighted by Gasteiger charge is 2.35. The van der Waals surface area contributed by atoms with Crippen molar-refractivity contribution in [2.75, 3.05) is 5.32 Å². The number of rotatable bonds is 3. The van der Waals surface area contributed by atoms with Crippen LogP contribution in [0.4, 0.5) is 18.9 Å². The van der Waals surface area contributed by atoms with Crippen LogP contribution in [-0.2, 0) is 17.4 Å². The second-order valence-electron chi connectivity index (χ2n) is 6.33. The van der Waals surface area contributed by atoms with Crippen molar-refractivity contribution in [1.29, 1.82) is 0 Å². The number of carbonyl (C=O) groups excluding carboxylic acids is 1. The number of carbonyl (C=O) groups is 1. The van der Waals surface area contributed by atoms with Gasteiger partial charge in [-0.15, -0.1) is 0 Å². The van der Waals surface area contributed by atoms with Gasteiger partial charge in [0.15, 0.2) is 0 Å². The Hall–Kier alpha value is -2.50. The Morgan fingerprint density at radius 2 is 1.92 bits per heavy atom. The number of halogens is 3. The average Bonchev–Trinajstić information content (AvgIpc) is 3.00. The van der Waals surface area contributed by atoms with E-state index in [2.05, 4.69) is 10.6 Å². The van der Waals surface area contributed by atoms with Gasteiger partial charge in [-0.05, 0) is 36.6 Å². The Balaban J connectivity index is 1.74. The molecule has 1 aliphatic heterocycles. The first-order chi connectivity index (χ1) is 11.8. The lowest BCUT2D eigenvalue weighted by atomic mass is 10.0. The van der Waals surface area contributed by atoms with Crippen molar-refractivity contribution >= 4 is 11.6 Å². The highest BCUT2D eigenvalue weighted by atomic mass is 19.4. The van der Waals surface area contributed by atoms with Gasteiger partial charge in [-0.2, -0.15) is 13.2 Å². The Kier molecular flexibility index (Phi) is 4.45. The van der Waals surface area contributed by atoms with Crippen molar-refractivity contribution in [3.05, 3.63) is 64.7 Å². The summed E-state index contributed by atoms with van der Waals surface area (Å²) in [5.74, 6) is -0.305. The molecule has 0 saturated heterocycles. The minimum atomic E-state index is -4.45. The maximum atomic E-state index is 13.1. The summed E-state index contributed by atoms with van der Waals surface area (Å²) in [5, 5.41) is 5.87. The molecule has 2 unspecified atom stereocenters. The van der Waals surface area contributed by atoms with Gasteiger partial charge in [0.25, 0.3) is 0 Å². The number of alkyl halides is 3. The molecule has 0 spiro atoms. The predicted molar refractivity (Wildman–Crippen MR) is 90.3 cm³/mol. The van der Waals surface area contributed by atoms with E-state index in [-0.39, 0.29) is 11.5 Å². The number of benzene rings is 2. The molecule has 6 heteroatoms. The largest absolute Gasteiger partial charge is 0.416 e. The fourth-order valence-corrected chi connectivity index (χ4v) is 3.23. The topological polar surface area (TPSA) is 41.1 Å². The van der Waals surface area contributed by atoms with E-state index in [4.69, 9.17) is 0 Å². The summed E-state index contributed by atoms with van der Waals surface area (Å²) < 4.78 is 39.4. The van der Waals surface area contributed by atoms with Gasteiger partial charge in [-0.1, -0.05) is 36.4 Å². The molecule has 25 heavy (non-hydrogen) atoms. The van der Waals surface area contributed by atoms with Crippen molar-refractivity contribution < 1.29 is 18.0 Å². The zero-order valence-electron chi connectivity index (χ0n) is 13.9. The second-order valence-corrected chi connectivity index (χ2v) is 6.33. The molecule has 132 valence electrons. The molecular formula is C19H19F3N2O. The molecule has 0 fully saturated rings. The van der Waals surface area contributed by atoms with Gasteiger partial charge < -0.3 is 10.6 Å². The van der Waals surface area contributed by atoms with E-state index in [1.54, 1.807) is 13.0 Å². The number of nitrogens with one attached hydrogen (secondary N) is 2. The van der Waals surface area contributed by atoms with E-state index >= 15 is 0 Å². The Bertz CT molecular complexity index is 801. The number of fused-ring (bicyclic) bond motifs is 1. The number of para-hydroxylation sites is 1. The quantitative estimate of drug-likeness (QED) is 0.872. The van der Waals surface area contributed by atoms with Crippen LogP contribution in [0.1, 0.15) is 35.2 Å².